The monoisotopic (exact) mass is 250 g/mol. The number of nitrogens with zero attached hydrogens (tertiary/aromatic N) is 2. The molecule has 0 aromatic heterocycles. The maximum absolute atomic E-state index is 11.1. The van der Waals surface area contributed by atoms with Crippen molar-refractivity contribution in [3.8, 4) is 0 Å². The van der Waals surface area contributed by atoms with Crippen LogP contribution >= 0.6 is 0 Å². The van der Waals surface area contributed by atoms with Crippen molar-refractivity contribution in [2.45, 2.75) is 13.8 Å². The van der Waals surface area contributed by atoms with E-state index < -0.39 is 5.97 Å². The van der Waals surface area contributed by atoms with Gasteiger partial charge in [-0.1, -0.05) is 26.0 Å². The summed E-state index contributed by atoms with van der Waals surface area (Å²) in [5.74, 6) is -0.852. The topological polar surface area (TPSA) is 43.8 Å². The average Bonchev–Trinajstić information content (AvgIpc) is 2.42. The van der Waals surface area contributed by atoms with Crippen LogP contribution < -0.4 is 4.90 Å². The van der Waals surface area contributed by atoms with Crippen LogP contribution in [0.25, 0.3) is 0 Å². The van der Waals surface area contributed by atoms with E-state index in [0.717, 1.165) is 31.9 Å². The van der Waals surface area contributed by atoms with E-state index in [1.165, 1.54) is 0 Å². The summed E-state index contributed by atoms with van der Waals surface area (Å²) in [7, 11) is 2.08. The largest absolute Gasteiger partial charge is 0.478 e. The number of hydrogen-bond acceptors (Lipinski definition) is 3. The van der Waals surface area contributed by atoms with Gasteiger partial charge in [-0.15, -0.1) is 0 Å². The number of anilines is 1. The number of likely N-dealkylation sites (N-methyl/N-ethyl adjacent to an activating group) is 1. The number of benzene rings is 1. The van der Waals surface area contributed by atoms with E-state index in [9.17, 15) is 4.79 Å². The lowest BCUT2D eigenvalue weighted by Gasteiger charge is -2.34. The highest BCUT2D eigenvalue weighted by Crippen LogP contribution is 2.21. The van der Waals surface area contributed by atoms with Gasteiger partial charge in [0.2, 0.25) is 0 Å². The lowest BCUT2D eigenvalue weighted by Crippen LogP contribution is -2.45. The Bertz CT molecular complexity index is 385. The van der Waals surface area contributed by atoms with E-state index in [-0.39, 0.29) is 0 Å². The van der Waals surface area contributed by atoms with Gasteiger partial charge in [-0.25, -0.2) is 4.79 Å². The molecule has 1 fully saturated rings. The molecule has 18 heavy (non-hydrogen) atoms. The molecule has 0 aliphatic carbocycles. The van der Waals surface area contributed by atoms with Crippen molar-refractivity contribution in [2.75, 3.05) is 38.1 Å². The van der Waals surface area contributed by atoms with Gasteiger partial charge in [0.15, 0.2) is 0 Å². The van der Waals surface area contributed by atoms with Gasteiger partial charge in [0.1, 0.15) is 0 Å². The third-order valence-electron chi connectivity index (χ3n) is 2.98. The van der Waals surface area contributed by atoms with Crippen LogP contribution in [0.4, 0.5) is 5.69 Å². The fourth-order valence-electron chi connectivity index (χ4n) is 1.98. The molecule has 0 spiro atoms. The van der Waals surface area contributed by atoms with Gasteiger partial charge in [-0.2, -0.15) is 0 Å². The molecule has 100 valence electrons. The maximum Gasteiger partial charge on any atom is 0.337 e. The van der Waals surface area contributed by atoms with Crippen molar-refractivity contribution >= 4 is 11.7 Å². The second kappa shape index (κ2) is 7.01. The lowest BCUT2D eigenvalue weighted by molar-refractivity contribution is 0.0697. The van der Waals surface area contributed by atoms with Crippen LogP contribution in [0.2, 0.25) is 0 Å². The first-order valence-corrected chi connectivity index (χ1v) is 6.44. The smallest absolute Gasteiger partial charge is 0.337 e. The molecule has 4 heteroatoms. The Balaban J connectivity index is 0.000000771. The minimum absolute atomic E-state index is 0.395. The van der Waals surface area contributed by atoms with E-state index in [4.69, 9.17) is 5.11 Å². The standard InChI is InChI=1S/C12H16N2O2.C2H6/c1-13-6-8-14(9-7-13)11-5-3-2-4-10(11)12(15)16;1-2/h2-5H,6-9H2,1H3,(H,15,16);1-2H3. The lowest BCUT2D eigenvalue weighted by atomic mass is 10.1. The van der Waals surface area contributed by atoms with Crippen molar-refractivity contribution in [1.29, 1.82) is 0 Å². The zero-order valence-corrected chi connectivity index (χ0v) is 11.4. The molecule has 0 unspecified atom stereocenters. The number of carboxylic acids is 1. The van der Waals surface area contributed by atoms with Crippen LogP contribution in [0.3, 0.4) is 0 Å². The molecule has 0 bridgehead atoms. The van der Waals surface area contributed by atoms with Crippen LogP contribution in [-0.2, 0) is 0 Å². The van der Waals surface area contributed by atoms with Crippen molar-refractivity contribution in [3.63, 3.8) is 0 Å². The molecule has 1 heterocycles. The molecule has 0 saturated carbocycles. The van der Waals surface area contributed by atoms with E-state index in [1.54, 1.807) is 12.1 Å². The first kappa shape index (κ1) is 14.5. The van der Waals surface area contributed by atoms with Crippen LogP contribution in [-0.4, -0.2) is 49.2 Å². The average molecular weight is 250 g/mol. The number of para-hydroxylation sites is 1. The molecule has 0 atom stereocenters. The molecular weight excluding hydrogens is 228 g/mol. The summed E-state index contributed by atoms with van der Waals surface area (Å²) < 4.78 is 0. The molecule has 4 nitrogen and oxygen atoms in total. The molecule has 1 aliphatic heterocycles. The molecule has 1 aromatic carbocycles. The normalized spacial score (nSPS) is 15.8. The first-order valence-electron chi connectivity index (χ1n) is 6.44. The van der Waals surface area contributed by atoms with E-state index >= 15 is 0 Å². The van der Waals surface area contributed by atoms with E-state index in [2.05, 4.69) is 16.8 Å². The summed E-state index contributed by atoms with van der Waals surface area (Å²) in [6.07, 6.45) is 0. The Morgan fingerprint density at radius 2 is 1.67 bits per heavy atom. The molecule has 2 rings (SSSR count). The highest BCUT2D eigenvalue weighted by atomic mass is 16.4. The summed E-state index contributed by atoms with van der Waals surface area (Å²) in [6.45, 7) is 7.74. The zero-order chi connectivity index (χ0) is 13.5. The predicted octanol–water partition coefficient (Wildman–Crippen LogP) is 2.16. The Kier molecular flexibility index (Phi) is 5.65. The highest BCUT2D eigenvalue weighted by Gasteiger charge is 2.18. The summed E-state index contributed by atoms with van der Waals surface area (Å²) in [5, 5.41) is 9.11. The molecule has 0 amide bonds. The van der Waals surface area contributed by atoms with Gasteiger partial charge < -0.3 is 14.9 Å². The van der Waals surface area contributed by atoms with E-state index in [0.29, 0.717) is 5.56 Å². The Hall–Kier alpha value is -1.55. The molecular formula is C14H22N2O2. The molecule has 0 radical (unpaired) electrons. The van der Waals surface area contributed by atoms with Crippen molar-refractivity contribution < 1.29 is 9.90 Å². The quantitative estimate of drug-likeness (QED) is 0.873. The number of rotatable bonds is 2. The fraction of sp³-hybridized carbons (Fsp3) is 0.500. The fourth-order valence-corrected chi connectivity index (χ4v) is 1.98. The molecule has 1 N–H and O–H groups in total. The first-order chi connectivity index (χ1) is 8.68. The second-order valence-corrected chi connectivity index (χ2v) is 4.11. The van der Waals surface area contributed by atoms with Crippen LogP contribution in [0.15, 0.2) is 24.3 Å². The van der Waals surface area contributed by atoms with Crippen molar-refractivity contribution in [1.82, 2.24) is 4.90 Å². The van der Waals surface area contributed by atoms with Crippen molar-refractivity contribution in [2.24, 2.45) is 0 Å². The number of carbonyl (C=O) groups is 1. The Morgan fingerprint density at radius 1 is 1.11 bits per heavy atom. The van der Waals surface area contributed by atoms with Gasteiger partial charge >= 0.3 is 5.97 Å². The van der Waals surface area contributed by atoms with Gasteiger partial charge in [-0.05, 0) is 19.2 Å². The third kappa shape index (κ3) is 3.47. The number of carboxylic acid groups (broad SMARTS) is 1. The minimum Gasteiger partial charge on any atom is -0.478 e. The summed E-state index contributed by atoms with van der Waals surface area (Å²) in [4.78, 5) is 15.5. The summed E-state index contributed by atoms with van der Waals surface area (Å²) >= 11 is 0. The van der Waals surface area contributed by atoms with Gasteiger partial charge in [0, 0.05) is 26.2 Å². The molecule has 1 aromatic rings. The van der Waals surface area contributed by atoms with E-state index in [1.807, 2.05) is 26.0 Å². The maximum atomic E-state index is 11.1. The van der Waals surface area contributed by atoms with Gasteiger partial charge in [0.05, 0.1) is 11.3 Å². The van der Waals surface area contributed by atoms with Crippen LogP contribution in [0, 0.1) is 0 Å². The SMILES string of the molecule is CC.CN1CCN(c2ccccc2C(=O)O)CC1. The predicted molar refractivity (Wildman–Crippen MR) is 74.5 cm³/mol. The Morgan fingerprint density at radius 3 is 2.22 bits per heavy atom. The molecule has 1 aliphatic rings. The minimum atomic E-state index is -0.852. The summed E-state index contributed by atoms with van der Waals surface area (Å²) in [5.41, 5.74) is 1.23. The van der Waals surface area contributed by atoms with Gasteiger partial charge in [0.25, 0.3) is 0 Å². The zero-order valence-electron chi connectivity index (χ0n) is 11.4. The van der Waals surface area contributed by atoms with Crippen molar-refractivity contribution in [3.05, 3.63) is 29.8 Å². The number of piperazine rings is 1. The number of hydrogen-bond donors (Lipinski definition) is 1. The second-order valence-electron chi connectivity index (χ2n) is 4.11. The third-order valence-corrected chi connectivity index (χ3v) is 2.98. The highest BCUT2D eigenvalue weighted by molar-refractivity contribution is 5.94. The number of aromatic carboxylic acids is 1. The summed E-state index contributed by atoms with van der Waals surface area (Å²) in [6, 6.07) is 7.20. The Labute approximate surface area is 109 Å². The van der Waals surface area contributed by atoms with Gasteiger partial charge in [-0.3, -0.25) is 0 Å². The van der Waals surface area contributed by atoms with Crippen LogP contribution in [0.5, 0.6) is 0 Å². The van der Waals surface area contributed by atoms with Crippen LogP contribution in [0.1, 0.15) is 24.2 Å². The molecule has 1 saturated heterocycles.